The molecule has 0 aliphatic heterocycles. The highest BCUT2D eigenvalue weighted by Gasteiger charge is 2.10. The van der Waals surface area contributed by atoms with E-state index in [1.807, 2.05) is 29.1 Å². The molecule has 0 spiro atoms. The second kappa shape index (κ2) is 6.72. The summed E-state index contributed by atoms with van der Waals surface area (Å²) in [5.41, 5.74) is 1.85. The van der Waals surface area contributed by atoms with Crippen molar-refractivity contribution in [2.24, 2.45) is 0 Å². The normalized spacial score (nSPS) is 11.2. The fraction of sp³-hybridized carbons (Fsp3) is 0.167. The van der Waals surface area contributed by atoms with Crippen molar-refractivity contribution in [1.82, 2.24) is 24.3 Å². The largest absolute Gasteiger partial charge is 0.352 e. The summed E-state index contributed by atoms with van der Waals surface area (Å²) in [6.07, 6.45) is 7.28. The predicted molar refractivity (Wildman–Crippen MR) is 96.9 cm³/mol. The number of aromatic nitrogens is 4. The van der Waals surface area contributed by atoms with Gasteiger partial charge in [0.2, 0.25) is 5.91 Å². The number of thiazole rings is 1. The summed E-state index contributed by atoms with van der Waals surface area (Å²) in [5, 5.41) is 4.75. The number of nitrogens with zero attached hydrogens (tertiary/aromatic N) is 4. The Morgan fingerprint density at radius 2 is 2.23 bits per heavy atom. The number of nitrogens with one attached hydrogen (secondary N) is 1. The summed E-state index contributed by atoms with van der Waals surface area (Å²) in [6.45, 7) is 2.08. The van der Waals surface area contributed by atoms with Crippen LogP contribution in [-0.2, 0) is 17.8 Å². The summed E-state index contributed by atoms with van der Waals surface area (Å²) in [5.74, 6) is 0.211. The molecule has 132 valence electrons. The molecule has 1 N–H and O–H groups in total. The number of carbonyl (C=O) groups is 1. The zero-order valence-corrected chi connectivity index (χ0v) is 14.8. The first-order chi connectivity index (χ1) is 12.6. The van der Waals surface area contributed by atoms with E-state index in [0.29, 0.717) is 22.8 Å². The van der Waals surface area contributed by atoms with E-state index < -0.39 is 0 Å². The van der Waals surface area contributed by atoms with Gasteiger partial charge in [0, 0.05) is 36.7 Å². The third-order valence-corrected chi connectivity index (χ3v) is 4.84. The predicted octanol–water partition coefficient (Wildman–Crippen LogP) is 2.89. The van der Waals surface area contributed by atoms with Gasteiger partial charge < -0.3 is 9.88 Å². The topological polar surface area (TPSA) is 64.2 Å². The fourth-order valence-electron chi connectivity index (χ4n) is 2.78. The van der Waals surface area contributed by atoms with E-state index in [2.05, 4.69) is 15.3 Å². The van der Waals surface area contributed by atoms with Crippen LogP contribution in [0.15, 0.2) is 48.4 Å². The van der Waals surface area contributed by atoms with E-state index in [4.69, 9.17) is 0 Å². The van der Waals surface area contributed by atoms with Crippen LogP contribution in [-0.4, -0.2) is 24.8 Å². The Hall–Kier alpha value is -3.00. The van der Waals surface area contributed by atoms with Gasteiger partial charge in [-0.05, 0) is 24.6 Å². The molecule has 0 unspecified atom stereocenters. The van der Waals surface area contributed by atoms with Gasteiger partial charge in [-0.3, -0.25) is 9.20 Å². The molecule has 3 aromatic heterocycles. The van der Waals surface area contributed by atoms with Crippen molar-refractivity contribution in [3.05, 3.63) is 71.3 Å². The molecule has 26 heavy (non-hydrogen) atoms. The zero-order valence-electron chi connectivity index (χ0n) is 14.0. The quantitative estimate of drug-likeness (QED) is 0.588. The maximum atomic E-state index is 14.4. The molecular weight excluding hydrogens is 353 g/mol. The molecule has 0 bridgehead atoms. The molecule has 3 heterocycles. The number of rotatable bonds is 5. The molecule has 0 saturated carbocycles. The van der Waals surface area contributed by atoms with Crippen LogP contribution >= 0.6 is 11.3 Å². The van der Waals surface area contributed by atoms with Crippen LogP contribution < -0.4 is 5.32 Å². The van der Waals surface area contributed by atoms with Crippen molar-refractivity contribution in [2.45, 2.75) is 19.9 Å². The second-order valence-electron chi connectivity index (χ2n) is 5.91. The van der Waals surface area contributed by atoms with Crippen LogP contribution in [0.1, 0.15) is 17.1 Å². The Morgan fingerprint density at radius 1 is 1.35 bits per heavy atom. The number of benzene rings is 1. The first-order valence-electron chi connectivity index (χ1n) is 8.06. The number of fused-ring (bicyclic) bond motifs is 1. The Morgan fingerprint density at radius 3 is 2.96 bits per heavy atom. The number of carbonyl (C=O) groups excluding carboxylic acids is 1. The molecular formula is C18H16FN5OS. The van der Waals surface area contributed by atoms with Crippen LogP contribution in [0.5, 0.6) is 0 Å². The van der Waals surface area contributed by atoms with E-state index in [9.17, 15) is 9.18 Å². The SMILES string of the molecule is Cc1nccn1-c1ccc(CNC(=O)Cc2cn3ccsc3n2)cc1F. The smallest absolute Gasteiger partial charge is 0.226 e. The summed E-state index contributed by atoms with van der Waals surface area (Å²) >= 11 is 1.52. The summed E-state index contributed by atoms with van der Waals surface area (Å²) in [7, 11) is 0. The van der Waals surface area contributed by atoms with Crippen molar-refractivity contribution in [3.8, 4) is 5.69 Å². The van der Waals surface area contributed by atoms with Crippen molar-refractivity contribution in [3.63, 3.8) is 0 Å². The summed E-state index contributed by atoms with van der Waals surface area (Å²) in [4.78, 5) is 21.4. The molecule has 0 radical (unpaired) electrons. The Labute approximate surface area is 152 Å². The first kappa shape index (κ1) is 16.5. The number of aryl methyl sites for hydroxylation is 1. The van der Waals surface area contributed by atoms with E-state index in [-0.39, 0.29) is 24.7 Å². The van der Waals surface area contributed by atoms with E-state index in [1.165, 1.54) is 17.4 Å². The number of halogens is 1. The molecule has 0 aliphatic carbocycles. The van der Waals surface area contributed by atoms with Crippen molar-refractivity contribution < 1.29 is 9.18 Å². The van der Waals surface area contributed by atoms with Crippen LogP contribution in [0.3, 0.4) is 0 Å². The van der Waals surface area contributed by atoms with Gasteiger partial charge in [0.15, 0.2) is 4.96 Å². The lowest BCUT2D eigenvalue weighted by atomic mass is 10.2. The van der Waals surface area contributed by atoms with Crippen molar-refractivity contribution in [2.75, 3.05) is 0 Å². The maximum Gasteiger partial charge on any atom is 0.226 e. The van der Waals surface area contributed by atoms with Crippen LogP contribution in [0.25, 0.3) is 10.6 Å². The molecule has 6 nitrogen and oxygen atoms in total. The standard InChI is InChI=1S/C18H16FN5OS/c1-12-20-4-5-24(12)16-3-2-13(8-15(16)19)10-21-17(25)9-14-11-23-6-7-26-18(23)22-14/h2-8,11H,9-10H2,1H3,(H,21,25). The van der Waals surface area contributed by atoms with Gasteiger partial charge in [-0.1, -0.05) is 6.07 Å². The van der Waals surface area contributed by atoms with Gasteiger partial charge in [0.1, 0.15) is 11.6 Å². The molecule has 0 saturated heterocycles. The van der Waals surface area contributed by atoms with Gasteiger partial charge in [-0.15, -0.1) is 11.3 Å². The minimum Gasteiger partial charge on any atom is -0.352 e. The van der Waals surface area contributed by atoms with E-state index in [1.54, 1.807) is 29.1 Å². The minimum absolute atomic E-state index is 0.148. The Bertz CT molecular complexity index is 1050. The molecule has 1 aromatic carbocycles. The summed E-state index contributed by atoms with van der Waals surface area (Å²) in [6, 6.07) is 4.92. The minimum atomic E-state index is -0.354. The molecule has 0 fully saturated rings. The third-order valence-electron chi connectivity index (χ3n) is 4.07. The third kappa shape index (κ3) is 3.23. The summed E-state index contributed by atoms with van der Waals surface area (Å²) < 4.78 is 17.9. The number of imidazole rings is 2. The van der Waals surface area contributed by atoms with Crippen molar-refractivity contribution in [1.29, 1.82) is 0 Å². The van der Waals surface area contributed by atoms with E-state index >= 15 is 0 Å². The average molecular weight is 369 g/mol. The van der Waals surface area contributed by atoms with Crippen LogP contribution in [0.2, 0.25) is 0 Å². The highest BCUT2D eigenvalue weighted by atomic mass is 32.1. The maximum absolute atomic E-state index is 14.4. The second-order valence-corrected chi connectivity index (χ2v) is 6.78. The molecule has 0 aliphatic rings. The van der Waals surface area contributed by atoms with Gasteiger partial charge in [-0.25, -0.2) is 14.4 Å². The monoisotopic (exact) mass is 369 g/mol. The fourth-order valence-corrected chi connectivity index (χ4v) is 3.50. The lowest BCUT2D eigenvalue weighted by Gasteiger charge is -2.09. The van der Waals surface area contributed by atoms with Crippen LogP contribution in [0, 0.1) is 12.7 Å². The Balaban J connectivity index is 1.39. The molecule has 0 atom stereocenters. The molecule has 1 amide bonds. The first-order valence-corrected chi connectivity index (χ1v) is 8.94. The number of hydrogen-bond acceptors (Lipinski definition) is 4. The van der Waals surface area contributed by atoms with Gasteiger partial charge in [0.05, 0.1) is 17.8 Å². The highest BCUT2D eigenvalue weighted by Crippen LogP contribution is 2.17. The van der Waals surface area contributed by atoms with Gasteiger partial charge in [-0.2, -0.15) is 0 Å². The molecule has 4 rings (SSSR count). The lowest BCUT2D eigenvalue weighted by molar-refractivity contribution is -0.120. The highest BCUT2D eigenvalue weighted by molar-refractivity contribution is 7.15. The van der Waals surface area contributed by atoms with Gasteiger partial charge in [0.25, 0.3) is 0 Å². The van der Waals surface area contributed by atoms with Gasteiger partial charge >= 0.3 is 0 Å². The molecule has 8 heteroatoms. The number of hydrogen-bond donors (Lipinski definition) is 1. The van der Waals surface area contributed by atoms with Crippen molar-refractivity contribution >= 4 is 22.2 Å². The lowest BCUT2D eigenvalue weighted by Crippen LogP contribution is -2.24. The average Bonchev–Trinajstić information content (AvgIpc) is 3.29. The zero-order chi connectivity index (χ0) is 18.1. The Kier molecular flexibility index (Phi) is 4.26. The number of amides is 1. The molecule has 4 aromatic rings. The van der Waals surface area contributed by atoms with E-state index in [0.717, 1.165) is 4.96 Å². The van der Waals surface area contributed by atoms with Crippen LogP contribution in [0.4, 0.5) is 4.39 Å².